The third-order valence-corrected chi connectivity index (χ3v) is 2.36. The van der Waals surface area contributed by atoms with Gasteiger partial charge in [-0.05, 0) is 31.0 Å². The zero-order valence-electron chi connectivity index (χ0n) is 9.56. The molecule has 0 saturated carbocycles. The number of nitriles is 1. The Bertz CT molecular complexity index is 389. The number of nitrogens with zero attached hydrogens (tertiary/aromatic N) is 1. The van der Waals surface area contributed by atoms with Gasteiger partial charge in [-0.2, -0.15) is 5.26 Å². The van der Waals surface area contributed by atoms with Crippen molar-refractivity contribution in [1.29, 1.82) is 5.26 Å². The summed E-state index contributed by atoms with van der Waals surface area (Å²) >= 11 is 0. The molecule has 1 atom stereocenters. The van der Waals surface area contributed by atoms with Crippen LogP contribution in [0.4, 0.5) is 0 Å². The van der Waals surface area contributed by atoms with Crippen molar-refractivity contribution in [3.63, 3.8) is 0 Å². The van der Waals surface area contributed by atoms with Crippen molar-refractivity contribution in [1.82, 2.24) is 0 Å². The van der Waals surface area contributed by atoms with Crippen LogP contribution in [0.3, 0.4) is 0 Å². The first kappa shape index (κ1) is 12.3. The van der Waals surface area contributed by atoms with Crippen LogP contribution in [-0.2, 0) is 11.2 Å². The second-order valence-electron chi connectivity index (χ2n) is 3.66. The van der Waals surface area contributed by atoms with E-state index in [1.165, 1.54) is 0 Å². The zero-order valence-corrected chi connectivity index (χ0v) is 9.56. The highest BCUT2D eigenvalue weighted by atomic mass is 16.5. The van der Waals surface area contributed by atoms with Crippen LogP contribution in [0.2, 0.25) is 0 Å². The van der Waals surface area contributed by atoms with E-state index in [0.29, 0.717) is 12.0 Å². The van der Waals surface area contributed by atoms with Gasteiger partial charge in [0.2, 0.25) is 0 Å². The van der Waals surface area contributed by atoms with E-state index in [0.717, 1.165) is 12.0 Å². The molecule has 0 spiro atoms. The molecule has 0 fully saturated rings. The summed E-state index contributed by atoms with van der Waals surface area (Å²) in [7, 11) is 0. The van der Waals surface area contributed by atoms with Crippen LogP contribution in [0, 0.1) is 11.3 Å². The molecule has 0 aliphatic heterocycles. The molecule has 0 amide bonds. The van der Waals surface area contributed by atoms with Crippen LogP contribution in [0.25, 0.3) is 0 Å². The average Bonchev–Trinajstić information content (AvgIpc) is 2.30. The van der Waals surface area contributed by atoms with Gasteiger partial charge in [-0.25, -0.2) is 4.79 Å². The van der Waals surface area contributed by atoms with Gasteiger partial charge in [0.15, 0.2) is 0 Å². The van der Waals surface area contributed by atoms with Crippen LogP contribution in [0.15, 0.2) is 24.3 Å². The summed E-state index contributed by atoms with van der Waals surface area (Å²) in [5, 5.41) is 8.51. The Morgan fingerprint density at radius 1 is 1.44 bits per heavy atom. The lowest BCUT2D eigenvalue weighted by Crippen LogP contribution is -2.13. The number of hydrogen-bond donors (Lipinski definition) is 0. The topological polar surface area (TPSA) is 50.1 Å². The molecule has 0 aliphatic carbocycles. The summed E-state index contributed by atoms with van der Waals surface area (Å²) in [5.41, 5.74) is 1.43. The van der Waals surface area contributed by atoms with E-state index >= 15 is 0 Å². The molecule has 1 aromatic carbocycles. The summed E-state index contributed by atoms with van der Waals surface area (Å²) in [6, 6.07) is 8.99. The van der Waals surface area contributed by atoms with Gasteiger partial charge in [0.05, 0.1) is 24.2 Å². The van der Waals surface area contributed by atoms with E-state index in [-0.39, 0.29) is 12.1 Å². The molecule has 3 nitrogen and oxygen atoms in total. The summed E-state index contributed by atoms with van der Waals surface area (Å²) < 4.78 is 5.18. The number of ether oxygens (including phenoxy) is 1. The fourth-order valence-electron chi connectivity index (χ4n) is 1.18. The Balaban J connectivity index is 2.67. The largest absolute Gasteiger partial charge is 0.459 e. The third-order valence-electron chi connectivity index (χ3n) is 2.36. The Labute approximate surface area is 95.7 Å². The first-order valence-electron chi connectivity index (χ1n) is 5.34. The lowest BCUT2D eigenvalue weighted by Gasteiger charge is -2.10. The highest BCUT2D eigenvalue weighted by Gasteiger charge is 2.10. The van der Waals surface area contributed by atoms with Crippen LogP contribution in [0.1, 0.15) is 36.2 Å². The first-order chi connectivity index (χ1) is 7.67. The number of hydrogen-bond acceptors (Lipinski definition) is 3. The van der Waals surface area contributed by atoms with Crippen molar-refractivity contribution < 1.29 is 9.53 Å². The highest BCUT2D eigenvalue weighted by molar-refractivity contribution is 5.89. The molecule has 16 heavy (non-hydrogen) atoms. The molecule has 1 unspecified atom stereocenters. The van der Waals surface area contributed by atoms with Crippen molar-refractivity contribution in [2.24, 2.45) is 0 Å². The molecule has 0 saturated heterocycles. The fourth-order valence-corrected chi connectivity index (χ4v) is 1.18. The highest BCUT2D eigenvalue weighted by Crippen LogP contribution is 2.08. The summed E-state index contributed by atoms with van der Waals surface area (Å²) in [5.74, 6) is -0.308. The van der Waals surface area contributed by atoms with Gasteiger partial charge in [-0.1, -0.05) is 19.1 Å². The molecule has 0 aliphatic rings. The molecule has 0 bridgehead atoms. The van der Waals surface area contributed by atoms with Gasteiger partial charge >= 0.3 is 5.97 Å². The molecule has 1 aromatic rings. The molecule has 84 valence electrons. The smallest absolute Gasteiger partial charge is 0.338 e. The van der Waals surface area contributed by atoms with Gasteiger partial charge in [0.25, 0.3) is 0 Å². The van der Waals surface area contributed by atoms with Gasteiger partial charge in [0, 0.05) is 0 Å². The molecule has 1 rings (SSSR count). The SMILES string of the molecule is CCC(C)OC(=O)c1ccc(CC#N)cc1. The quantitative estimate of drug-likeness (QED) is 0.728. The number of benzene rings is 1. The first-order valence-corrected chi connectivity index (χ1v) is 5.34. The van der Waals surface area contributed by atoms with E-state index in [1.54, 1.807) is 24.3 Å². The maximum Gasteiger partial charge on any atom is 0.338 e. The number of carbonyl (C=O) groups is 1. The average molecular weight is 217 g/mol. The summed E-state index contributed by atoms with van der Waals surface area (Å²) in [4.78, 5) is 11.6. The monoisotopic (exact) mass is 217 g/mol. The van der Waals surface area contributed by atoms with E-state index in [2.05, 4.69) is 6.07 Å². The normalized spacial score (nSPS) is 11.6. The standard InChI is InChI=1S/C13H15NO2/c1-3-10(2)16-13(15)12-6-4-11(5-7-12)8-9-14/h4-7,10H,3,8H2,1-2H3. The second kappa shape index (κ2) is 5.92. The Morgan fingerprint density at radius 2 is 2.06 bits per heavy atom. The van der Waals surface area contributed by atoms with Crippen molar-refractivity contribution in [2.45, 2.75) is 32.8 Å². The molecular formula is C13H15NO2. The second-order valence-corrected chi connectivity index (χ2v) is 3.66. The third kappa shape index (κ3) is 3.39. The predicted molar refractivity (Wildman–Crippen MR) is 60.9 cm³/mol. The van der Waals surface area contributed by atoms with Crippen LogP contribution in [-0.4, -0.2) is 12.1 Å². The van der Waals surface area contributed by atoms with Crippen LogP contribution in [0.5, 0.6) is 0 Å². The number of rotatable bonds is 4. The summed E-state index contributed by atoms with van der Waals surface area (Å²) in [6.45, 7) is 3.83. The molecule has 0 heterocycles. The van der Waals surface area contributed by atoms with Crippen molar-refractivity contribution in [2.75, 3.05) is 0 Å². The Hall–Kier alpha value is -1.82. The predicted octanol–water partition coefficient (Wildman–Crippen LogP) is 2.71. The van der Waals surface area contributed by atoms with Gasteiger partial charge in [-0.15, -0.1) is 0 Å². The summed E-state index contributed by atoms with van der Waals surface area (Å²) in [6.07, 6.45) is 1.10. The lowest BCUT2D eigenvalue weighted by atomic mass is 10.1. The molecule has 0 aromatic heterocycles. The maximum atomic E-state index is 11.6. The van der Waals surface area contributed by atoms with E-state index in [1.807, 2.05) is 13.8 Å². The van der Waals surface area contributed by atoms with E-state index in [9.17, 15) is 4.79 Å². The minimum Gasteiger partial charge on any atom is -0.459 e. The van der Waals surface area contributed by atoms with Gasteiger partial charge < -0.3 is 4.74 Å². The van der Waals surface area contributed by atoms with Crippen LogP contribution >= 0.6 is 0 Å². The lowest BCUT2D eigenvalue weighted by molar-refractivity contribution is 0.0334. The molecule has 0 N–H and O–H groups in total. The van der Waals surface area contributed by atoms with Crippen molar-refractivity contribution in [3.05, 3.63) is 35.4 Å². The fraction of sp³-hybridized carbons (Fsp3) is 0.385. The number of carbonyl (C=O) groups excluding carboxylic acids is 1. The minimum atomic E-state index is -0.308. The van der Waals surface area contributed by atoms with Gasteiger partial charge in [-0.3, -0.25) is 0 Å². The Morgan fingerprint density at radius 3 is 2.56 bits per heavy atom. The molecule has 3 heteroatoms. The minimum absolute atomic E-state index is 0.0636. The van der Waals surface area contributed by atoms with E-state index < -0.39 is 0 Å². The maximum absolute atomic E-state index is 11.6. The van der Waals surface area contributed by atoms with Crippen molar-refractivity contribution >= 4 is 5.97 Å². The zero-order chi connectivity index (χ0) is 12.0. The number of esters is 1. The molecule has 0 radical (unpaired) electrons. The molecular weight excluding hydrogens is 202 g/mol. The van der Waals surface area contributed by atoms with Crippen molar-refractivity contribution in [3.8, 4) is 6.07 Å². The van der Waals surface area contributed by atoms with E-state index in [4.69, 9.17) is 10.00 Å². The van der Waals surface area contributed by atoms with Crippen LogP contribution < -0.4 is 0 Å². The van der Waals surface area contributed by atoms with Gasteiger partial charge in [0.1, 0.15) is 0 Å². The Kier molecular flexibility index (Phi) is 4.53.